The van der Waals surface area contributed by atoms with Crippen molar-refractivity contribution in [1.82, 2.24) is 4.90 Å². The zero-order valence-corrected chi connectivity index (χ0v) is 15.4. The van der Waals surface area contributed by atoms with Gasteiger partial charge in [0.2, 0.25) is 9.84 Å². The first-order valence-electron chi connectivity index (χ1n) is 6.76. The molecule has 0 saturated carbocycles. The number of ether oxygens (including phenoxy) is 1. The van der Waals surface area contributed by atoms with Gasteiger partial charge in [-0.25, -0.2) is 13.4 Å². The van der Waals surface area contributed by atoms with Gasteiger partial charge in [-0.2, -0.15) is 0 Å². The van der Waals surface area contributed by atoms with Crippen molar-refractivity contribution in [2.75, 3.05) is 26.3 Å². The van der Waals surface area contributed by atoms with Crippen molar-refractivity contribution in [3.8, 4) is 0 Å². The summed E-state index contributed by atoms with van der Waals surface area (Å²) in [6.07, 6.45) is 0. The molecule has 1 aromatic rings. The number of aryl methyl sites for hydroxylation is 1. The normalized spacial score (nSPS) is 16.3. The van der Waals surface area contributed by atoms with Crippen molar-refractivity contribution >= 4 is 49.9 Å². The van der Waals surface area contributed by atoms with Crippen LogP contribution >= 0.6 is 34.8 Å². The third kappa shape index (κ3) is 4.61. The summed E-state index contributed by atoms with van der Waals surface area (Å²) in [5.74, 6) is 0. The second kappa shape index (κ2) is 7.85. The summed E-state index contributed by atoms with van der Waals surface area (Å²) in [5, 5.41) is -0.459. The fourth-order valence-electron chi connectivity index (χ4n) is 1.94. The minimum Gasteiger partial charge on any atom is -0.378 e. The number of hydrogen-bond acceptors (Lipinski definition) is 4. The summed E-state index contributed by atoms with van der Waals surface area (Å²) in [7, 11) is -3.96. The lowest BCUT2D eigenvalue weighted by atomic mass is 10.2. The summed E-state index contributed by atoms with van der Waals surface area (Å²) in [4.78, 5) is 5.70. The van der Waals surface area contributed by atoms with Crippen LogP contribution in [0, 0.1) is 6.92 Å². The van der Waals surface area contributed by atoms with Crippen LogP contribution in [-0.4, -0.2) is 44.9 Å². The molecule has 1 aromatic carbocycles. The summed E-state index contributed by atoms with van der Waals surface area (Å²) >= 11 is 17.6. The van der Waals surface area contributed by atoms with Crippen LogP contribution in [0.4, 0.5) is 0 Å². The molecule has 0 unspecified atom stereocenters. The third-order valence-electron chi connectivity index (χ3n) is 3.21. The Hall–Kier alpha value is -0.790. The molecule has 126 valence electrons. The van der Waals surface area contributed by atoms with Crippen LogP contribution in [-0.2, 0) is 14.6 Å². The lowest BCUT2D eigenvalue weighted by molar-refractivity contribution is 0.0692. The van der Waals surface area contributed by atoms with Gasteiger partial charge in [0.25, 0.3) is 0 Å². The molecule has 0 atom stereocenters. The van der Waals surface area contributed by atoms with Crippen molar-refractivity contribution in [3.05, 3.63) is 39.3 Å². The van der Waals surface area contributed by atoms with Crippen LogP contribution in [0.25, 0.3) is 0 Å². The average molecular weight is 398 g/mol. The standard InChI is InChI=1S/C14H15Cl3N2O3S/c1-10-2-4-11(5-3-10)23(20,21)13(12(15)16)18-14(17)19-6-8-22-9-7-19/h2-5H,6-9H2,1H3. The third-order valence-corrected chi connectivity index (χ3v) is 5.82. The lowest BCUT2D eigenvalue weighted by Gasteiger charge is -2.26. The highest BCUT2D eigenvalue weighted by molar-refractivity contribution is 7.95. The molecule has 9 heteroatoms. The summed E-state index contributed by atoms with van der Waals surface area (Å²) in [6, 6.07) is 6.30. The molecule has 23 heavy (non-hydrogen) atoms. The molecule has 1 heterocycles. The van der Waals surface area contributed by atoms with Gasteiger partial charge < -0.3 is 9.64 Å². The van der Waals surface area contributed by atoms with E-state index < -0.39 is 19.4 Å². The van der Waals surface area contributed by atoms with Gasteiger partial charge in [0.15, 0.2) is 10.3 Å². The molecule has 0 bridgehead atoms. The van der Waals surface area contributed by atoms with Gasteiger partial charge in [-0.3, -0.25) is 0 Å². The number of benzene rings is 1. The van der Waals surface area contributed by atoms with Gasteiger partial charge in [-0.15, -0.1) is 0 Å². The Morgan fingerprint density at radius 1 is 1.13 bits per heavy atom. The van der Waals surface area contributed by atoms with Crippen molar-refractivity contribution in [2.45, 2.75) is 11.8 Å². The van der Waals surface area contributed by atoms with Crippen LogP contribution in [0.3, 0.4) is 0 Å². The molecule has 0 spiro atoms. The fourth-order valence-corrected chi connectivity index (χ4v) is 4.06. The van der Waals surface area contributed by atoms with Gasteiger partial charge in [0.1, 0.15) is 4.49 Å². The topological polar surface area (TPSA) is 59.0 Å². The van der Waals surface area contributed by atoms with Crippen molar-refractivity contribution in [1.29, 1.82) is 0 Å². The van der Waals surface area contributed by atoms with E-state index in [-0.39, 0.29) is 10.2 Å². The summed E-state index contributed by atoms with van der Waals surface area (Å²) in [6.45, 7) is 3.86. The van der Waals surface area contributed by atoms with Crippen LogP contribution < -0.4 is 0 Å². The molecule has 0 N–H and O–H groups in total. The van der Waals surface area contributed by atoms with E-state index in [0.29, 0.717) is 26.3 Å². The highest BCUT2D eigenvalue weighted by Crippen LogP contribution is 2.28. The Labute approximate surface area is 150 Å². The zero-order valence-electron chi connectivity index (χ0n) is 12.3. The Balaban J connectivity index is 2.38. The number of sulfone groups is 1. The SMILES string of the molecule is Cc1ccc(S(=O)(=O)C(N=C(Cl)N2CCOCC2)=C(Cl)Cl)cc1. The van der Waals surface area contributed by atoms with Crippen LogP contribution in [0.1, 0.15) is 5.56 Å². The van der Waals surface area contributed by atoms with E-state index in [1.807, 2.05) is 6.92 Å². The van der Waals surface area contributed by atoms with Gasteiger partial charge in [0.05, 0.1) is 18.1 Å². The Morgan fingerprint density at radius 2 is 1.70 bits per heavy atom. The van der Waals surface area contributed by atoms with E-state index in [9.17, 15) is 8.42 Å². The smallest absolute Gasteiger partial charge is 0.226 e. The van der Waals surface area contributed by atoms with E-state index in [1.54, 1.807) is 17.0 Å². The minimum absolute atomic E-state index is 0.0118. The fraction of sp³-hybridized carbons (Fsp3) is 0.357. The maximum Gasteiger partial charge on any atom is 0.226 e. The second-order valence-corrected chi connectivity index (χ2v) is 8.01. The maximum absolute atomic E-state index is 12.7. The van der Waals surface area contributed by atoms with E-state index in [1.165, 1.54) is 12.1 Å². The first-order valence-corrected chi connectivity index (χ1v) is 9.38. The number of amidine groups is 1. The molecule has 1 aliphatic rings. The molecule has 0 radical (unpaired) electrons. The van der Waals surface area contributed by atoms with E-state index in [4.69, 9.17) is 39.5 Å². The highest BCUT2D eigenvalue weighted by atomic mass is 35.5. The number of hydrogen-bond donors (Lipinski definition) is 0. The van der Waals surface area contributed by atoms with E-state index >= 15 is 0 Å². The molecular weight excluding hydrogens is 383 g/mol. The zero-order chi connectivity index (χ0) is 17.0. The van der Waals surface area contributed by atoms with Gasteiger partial charge in [-0.1, -0.05) is 40.9 Å². The molecule has 5 nitrogen and oxygen atoms in total. The summed E-state index contributed by atoms with van der Waals surface area (Å²) in [5.41, 5.74) is 0.932. The lowest BCUT2D eigenvalue weighted by Crippen LogP contribution is -2.38. The number of morpholine rings is 1. The molecule has 0 aliphatic carbocycles. The molecule has 1 fully saturated rings. The maximum atomic E-state index is 12.7. The van der Waals surface area contributed by atoms with Crippen molar-refractivity contribution in [2.24, 2.45) is 4.99 Å². The number of halogens is 3. The van der Waals surface area contributed by atoms with E-state index in [0.717, 1.165) is 5.56 Å². The molecule has 0 aromatic heterocycles. The Bertz CT molecular complexity index is 720. The predicted octanol–water partition coefficient (Wildman–Crippen LogP) is 3.30. The van der Waals surface area contributed by atoms with Crippen LogP contribution in [0.2, 0.25) is 0 Å². The molecular formula is C14H15Cl3N2O3S. The van der Waals surface area contributed by atoms with Crippen molar-refractivity contribution < 1.29 is 13.2 Å². The number of nitrogens with zero attached hydrogens (tertiary/aromatic N) is 2. The monoisotopic (exact) mass is 396 g/mol. The second-order valence-electron chi connectivity index (χ2n) is 4.86. The Kier molecular flexibility index (Phi) is 6.33. The Morgan fingerprint density at radius 3 is 2.22 bits per heavy atom. The molecule has 0 amide bonds. The van der Waals surface area contributed by atoms with E-state index in [2.05, 4.69) is 4.99 Å². The van der Waals surface area contributed by atoms with Gasteiger partial charge >= 0.3 is 0 Å². The molecule has 1 saturated heterocycles. The van der Waals surface area contributed by atoms with Gasteiger partial charge in [-0.05, 0) is 30.7 Å². The van der Waals surface area contributed by atoms with Crippen molar-refractivity contribution in [3.63, 3.8) is 0 Å². The average Bonchev–Trinajstić information content (AvgIpc) is 2.53. The molecule has 1 aliphatic heterocycles. The highest BCUT2D eigenvalue weighted by Gasteiger charge is 2.25. The minimum atomic E-state index is -3.96. The summed E-state index contributed by atoms with van der Waals surface area (Å²) < 4.78 is 30.1. The predicted molar refractivity (Wildman–Crippen MR) is 92.8 cm³/mol. The number of aliphatic imine (C=N–C) groups is 1. The molecule has 2 rings (SSSR count). The van der Waals surface area contributed by atoms with Crippen LogP contribution in [0.5, 0.6) is 0 Å². The quantitative estimate of drug-likeness (QED) is 0.446. The van der Waals surface area contributed by atoms with Crippen LogP contribution in [0.15, 0.2) is 43.7 Å². The first-order chi connectivity index (χ1) is 10.8. The first kappa shape index (κ1) is 18.5. The number of rotatable bonds is 3. The van der Waals surface area contributed by atoms with Gasteiger partial charge in [0, 0.05) is 13.1 Å². The largest absolute Gasteiger partial charge is 0.378 e.